The van der Waals surface area contributed by atoms with Gasteiger partial charge < -0.3 is 29.6 Å². The van der Waals surface area contributed by atoms with E-state index in [9.17, 15) is 28.8 Å². The Bertz CT molecular complexity index is 1410. The first-order valence-electron chi connectivity index (χ1n) is 14.7. The normalized spacial score (nSPS) is 12.3. The number of rotatable bonds is 11. The van der Waals surface area contributed by atoms with Crippen LogP contribution in [0.1, 0.15) is 83.0 Å². The predicted octanol–water partition coefficient (Wildman–Crippen LogP) is 5.27. The van der Waals surface area contributed by atoms with Crippen LogP contribution >= 0.6 is 0 Å². The van der Waals surface area contributed by atoms with Crippen molar-refractivity contribution in [2.45, 2.75) is 79.6 Å². The molecule has 0 aliphatic heterocycles. The molecule has 0 bridgehead atoms. The van der Waals surface area contributed by atoms with Gasteiger partial charge in [-0.15, -0.1) is 0 Å². The summed E-state index contributed by atoms with van der Waals surface area (Å²) < 4.78 is 20.5. The molecular weight excluding hydrogens is 596 g/mol. The molecule has 2 aromatic rings. The third-order valence-electron chi connectivity index (χ3n) is 6.00. The molecular formula is C34H44N2O10. The van der Waals surface area contributed by atoms with Crippen molar-refractivity contribution in [1.29, 1.82) is 0 Å². The average molecular weight is 641 g/mol. The van der Waals surface area contributed by atoms with Crippen LogP contribution in [0.15, 0.2) is 48.5 Å². The summed E-state index contributed by atoms with van der Waals surface area (Å²) in [6, 6.07) is 12.2. The Morgan fingerprint density at radius 3 is 1.43 bits per heavy atom. The number of carbonyl (C=O) groups is 6. The molecule has 0 saturated heterocycles. The van der Waals surface area contributed by atoms with Crippen molar-refractivity contribution < 1.29 is 47.7 Å². The van der Waals surface area contributed by atoms with Crippen molar-refractivity contribution in [2.75, 3.05) is 19.8 Å². The van der Waals surface area contributed by atoms with Crippen molar-refractivity contribution >= 4 is 35.7 Å². The molecule has 0 aliphatic rings. The Kier molecular flexibility index (Phi) is 12.6. The minimum absolute atomic E-state index is 0.318. The van der Waals surface area contributed by atoms with Crippen LogP contribution in [0.4, 0.5) is 9.59 Å². The monoisotopic (exact) mass is 640 g/mol. The van der Waals surface area contributed by atoms with Crippen LogP contribution < -0.4 is 10.6 Å². The molecule has 0 aromatic heterocycles. The molecule has 250 valence electrons. The van der Waals surface area contributed by atoms with E-state index in [4.69, 9.17) is 18.9 Å². The number of carbonyl (C=O) groups excluding carboxylic acids is 6. The number of esters is 2. The first-order valence-corrected chi connectivity index (χ1v) is 14.7. The first-order chi connectivity index (χ1) is 21.1. The highest BCUT2D eigenvalue weighted by molar-refractivity contribution is 5.99. The second-order valence-electron chi connectivity index (χ2n) is 13.6. The number of hydrogen-bond acceptors (Lipinski definition) is 10. The molecule has 12 heteroatoms. The number of nitrogens with one attached hydrogen (secondary N) is 2. The highest BCUT2D eigenvalue weighted by Gasteiger charge is 2.35. The average Bonchev–Trinajstić information content (AvgIpc) is 2.94. The minimum Gasteiger partial charge on any atom is -0.456 e. The molecule has 2 amide bonds. The lowest BCUT2D eigenvalue weighted by Crippen LogP contribution is -2.51. The molecule has 1 unspecified atom stereocenters. The fourth-order valence-corrected chi connectivity index (χ4v) is 3.79. The summed E-state index contributed by atoms with van der Waals surface area (Å²) in [5, 5.41) is 4.80. The van der Waals surface area contributed by atoms with Gasteiger partial charge in [-0.3, -0.25) is 14.4 Å². The lowest BCUT2D eigenvalue weighted by Gasteiger charge is -2.30. The molecule has 0 fully saturated rings. The number of alkyl carbamates (subject to hydrolysis) is 2. The maximum atomic E-state index is 12.8. The van der Waals surface area contributed by atoms with Crippen LogP contribution in [0.25, 0.3) is 11.1 Å². The van der Waals surface area contributed by atoms with Gasteiger partial charge in [0.25, 0.3) is 0 Å². The van der Waals surface area contributed by atoms with E-state index in [1.54, 1.807) is 111 Å². The quantitative estimate of drug-likeness (QED) is 0.188. The Hall–Kier alpha value is -4.74. The number of benzene rings is 2. The second-order valence-corrected chi connectivity index (χ2v) is 13.6. The first kappa shape index (κ1) is 37.4. The highest BCUT2D eigenvalue weighted by atomic mass is 16.6. The van der Waals surface area contributed by atoms with Crippen LogP contribution in [0.5, 0.6) is 0 Å². The van der Waals surface area contributed by atoms with E-state index in [1.807, 2.05) is 0 Å². The fourth-order valence-electron chi connectivity index (χ4n) is 3.79. The molecule has 2 aromatic carbocycles. The summed E-state index contributed by atoms with van der Waals surface area (Å²) in [6.45, 7) is 14.0. The SMILES string of the molecule is CC(C)(C)OC(=O)NCC(=O)OCC(=O)c1ccc(-c2ccc(C(=O)COC(=O)C(NC(=O)OC(C)(C)C)C(C)(C)C)cc2)cc1. The van der Waals surface area contributed by atoms with E-state index in [2.05, 4.69) is 10.6 Å². The standard InChI is InChI=1S/C34H44N2O10/c1-32(2,3)28(36-31(42)46-34(7,8)9)29(40)44-20-26(38)24-16-12-22(13-17-24)21-10-14-23(15-11-21)25(37)19-43-27(39)18-35-30(41)45-33(4,5)6/h10-17,28H,18-20H2,1-9H3,(H,35,41)(H,36,42). The zero-order chi connectivity index (χ0) is 34.9. The second kappa shape index (κ2) is 15.5. The van der Waals surface area contributed by atoms with Gasteiger partial charge >= 0.3 is 24.1 Å². The largest absolute Gasteiger partial charge is 0.456 e. The van der Waals surface area contributed by atoms with E-state index in [0.717, 1.165) is 11.1 Å². The fraction of sp³-hybridized carbons (Fsp3) is 0.471. The predicted molar refractivity (Wildman–Crippen MR) is 169 cm³/mol. The third-order valence-corrected chi connectivity index (χ3v) is 6.00. The number of amides is 2. The van der Waals surface area contributed by atoms with E-state index >= 15 is 0 Å². The van der Waals surface area contributed by atoms with Gasteiger partial charge in [-0.2, -0.15) is 0 Å². The van der Waals surface area contributed by atoms with Crippen molar-refractivity contribution in [2.24, 2.45) is 5.41 Å². The summed E-state index contributed by atoms with van der Waals surface area (Å²) in [7, 11) is 0. The molecule has 0 saturated carbocycles. The summed E-state index contributed by atoms with van der Waals surface area (Å²) >= 11 is 0. The van der Waals surface area contributed by atoms with Crippen molar-refractivity contribution in [1.82, 2.24) is 10.6 Å². The van der Waals surface area contributed by atoms with E-state index < -0.39 is 78.1 Å². The zero-order valence-corrected chi connectivity index (χ0v) is 27.9. The van der Waals surface area contributed by atoms with Crippen molar-refractivity contribution in [3.05, 3.63) is 59.7 Å². The molecule has 2 N–H and O–H groups in total. The molecule has 12 nitrogen and oxygen atoms in total. The third kappa shape index (κ3) is 13.1. The van der Waals surface area contributed by atoms with E-state index in [1.165, 1.54) is 0 Å². The molecule has 2 rings (SSSR count). The van der Waals surface area contributed by atoms with Crippen LogP contribution in [-0.2, 0) is 28.5 Å². The Morgan fingerprint density at radius 2 is 1.02 bits per heavy atom. The molecule has 46 heavy (non-hydrogen) atoms. The lowest BCUT2D eigenvalue weighted by molar-refractivity contribution is -0.148. The van der Waals surface area contributed by atoms with Crippen LogP contribution in [0.3, 0.4) is 0 Å². The zero-order valence-electron chi connectivity index (χ0n) is 27.9. The van der Waals surface area contributed by atoms with Gasteiger partial charge in [-0.1, -0.05) is 69.3 Å². The summed E-state index contributed by atoms with van der Waals surface area (Å²) in [4.78, 5) is 73.8. The number of ether oxygens (including phenoxy) is 4. The molecule has 0 spiro atoms. The lowest BCUT2D eigenvalue weighted by atomic mass is 9.87. The molecule has 0 aliphatic carbocycles. The Balaban J connectivity index is 1.91. The van der Waals surface area contributed by atoms with Crippen molar-refractivity contribution in [3.63, 3.8) is 0 Å². The van der Waals surface area contributed by atoms with Gasteiger partial charge in [0, 0.05) is 11.1 Å². The molecule has 1 atom stereocenters. The van der Waals surface area contributed by atoms with Gasteiger partial charge in [0.15, 0.2) is 24.8 Å². The maximum absolute atomic E-state index is 12.8. The minimum atomic E-state index is -1.04. The Morgan fingerprint density at radius 1 is 0.609 bits per heavy atom. The summed E-state index contributed by atoms with van der Waals surface area (Å²) in [5.74, 6) is -2.40. The number of ketones is 2. The molecule has 0 radical (unpaired) electrons. The van der Waals surface area contributed by atoms with Crippen molar-refractivity contribution in [3.8, 4) is 11.1 Å². The van der Waals surface area contributed by atoms with Gasteiger partial charge in [-0.05, 0) is 58.1 Å². The van der Waals surface area contributed by atoms with E-state index in [-0.39, 0.29) is 0 Å². The molecule has 0 heterocycles. The summed E-state index contributed by atoms with van der Waals surface area (Å²) in [5.41, 5.74) is -0.00178. The van der Waals surface area contributed by atoms with Crippen LogP contribution in [0, 0.1) is 5.41 Å². The summed E-state index contributed by atoms with van der Waals surface area (Å²) in [6.07, 6.45) is -1.54. The topological polar surface area (TPSA) is 163 Å². The highest BCUT2D eigenvalue weighted by Crippen LogP contribution is 2.23. The number of Topliss-reactive ketones (excluding diaryl/α,β-unsaturated/α-hetero) is 2. The van der Waals surface area contributed by atoms with Gasteiger partial charge in [-0.25, -0.2) is 14.4 Å². The smallest absolute Gasteiger partial charge is 0.408 e. The van der Waals surface area contributed by atoms with Gasteiger partial charge in [0.1, 0.15) is 23.8 Å². The van der Waals surface area contributed by atoms with Gasteiger partial charge in [0.05, 0.1) is 0 Å². The van der Waals surface area contributed by atoms with E-state index in [0.29, 0.717) is 11.1 Å². The maximum Gasteiger partial charge on any atom is 0.408 e. The van der Waals surface area contributed by atoms with Crippen LogP contribution in [-0.4, -0.2) is 72.7 Å². The number of hydrogen-bond donors (Lipinski definition) is 2. The van der Waals surface area contributed by atoms with Gasteiger partial charge in [0.2, 0.25) is 0 Å². The van der Waals surface area contributed by atoms with Crippen LogP contribution in [0.2, 0.25) is 0 Å². The Labute approximate surface area is 269 Å².